The molecule has 1 aliphatic rings. The highest BCUT2D eigenvalue weighted by Crippen LogP contribution is 2.36. The summed E-state index contributed by atoms with van der Waals surface area (Å²) in [6, 6.07) is 16.7. The van der Waals surface area contributed by atoms with Gasteiger partial charge in [0.05, 0.1) is 6.10 Å². The molecule has 1 aliphatic heterocycles. The van der Waals surface area contributed by atoms with Gasteiger partial charge in [0, 0.05) is 23.5 Å². The number of hydrogen-bond acceptors (Lipinski definition) is 2. The van der Waals surface area contributed by atoms with Crippen LogP contribution in [0.25, 0.3) is 0 Å². The monoisotopic (exact) mass is 253 g/mol. The minimum absolute atomic E-state index is 0.440. The maximum Gasteiger partial charge on any atom is 0.0782 e. The van der Waals surface area contributed by atoms with Crippen LogP contribution in [0.15, 0.2) is 48.5 Å². The number of aliphatic hydroxyl groups is 1. The number of aryl methyl sites for hydroxylation is 1. The maximum atomic E-state index is 9.96. The number of para-hydroxylation sites is 2. The van der Waals surface area contributed by atoms with E-state index in [0.29, 0.717) is 0 Å². The Morgan fingerprint density at radius 2 is 1.68 bits per heavy atom. The van der Waals surface area contributed by atoms with Gasteiger partial charge in [-0.25, -0.2) is 0 Å². The van der Waals surface area contributed by atoms with E-state index >= 15 is 0 Å². The van der Waals surface area contributed by atoms with E-state index in [0.717, 1.165) is 30.6 Å². The van der Waals surface area contributed by atoms with Crippen LogP contribution in [0.5, 0.6) is 0 Å². The summed E-state index contributed by atoms with van der Waals surface area (Å²) in [5.41, 5.74) is 4.81. The third kappa shape index (κ3) is 2.24. The highest BCUT2D eigenvalue weighted by Gasteiger charge is 2.20. The Morgan fingerprint density at radius 1 is 1.00 bits per heavy atom. The van der Waals surface area contributed by atoms with Crippen molar-refractivity contribution in [2.24, 2.45) is 0 Å². The molecule has 3 rings (SSSR count). The fourth-order valence-electron chi connectivity index (χ4n) is 2.87. The quantitative estimate of drug-likeness (QED) is 0.879. The summed E-state index contributed by atoms with van der Waals surface area (Å²) in [7, 11) is 0. The molecule has 0 aliphatic carbocycles. The Hall–Kier alpha value is -1.80. The Morgan fingerprint density at radius 3 is 2.47 bits per heavy atom. The molecule has 1 N–H and O–H groups in total. The van der Waals surface area contributed by atoms with Crippen molar-refractivity contribution in [1.29, 1.82) is 0 Å². The molecule has 0 saturated carbocycles. The zero-order valence-corrected chi connectivity index (χ0v) is 11.2. The first-order chi connectivity index (χ1) is 9.27. The fourth-order valence-corrected chi connectivity index (χ4v) is 2.87. The summed E-state index contributed by atoms with van der Waals surface area (Å²) < 4.78 is 0. The largest absolute Gasteiger partial charge is 0.389 e. The highest BCUT2D eigenvalue weighted by atomic mass is 16.3. The molecule has 0 spiro atoms. The van der Waals surface area contributed by atoms with E-state index in [1.807, 2.05) is 25.1 Å². The van der Waals surface area contributed by atoms with Gasteiger partial charge in [-0.2, -0.15) is 0 Å². The van der Waals surface area contributed by atoms with Gasteiger partial charge in [-0.05, 0) is 37.5 Å². The first kappa shape index (κ1) is 12.2. The van der Waals surface area contributed by atoms with Crippen LogP contribution in [0.2, 0.25) is 0 Å². The van der Waals surface area contributed by atoms with Gasteiger partial charge < -0.3 is 10.0 Å². The predicted molar refractivity (Wildman–Crippen MR) is 78.8 cm³/mol. The van der Waals surface area contributed by atoms with Gasteiger partial charge in [0.15, 0.2) is 0 Å². The van der Waals surface area contributed by atoms with Crippen molar-refractivity contribution >= 4 is 11.4 Å². The van der Waals surface area contributed by atoms with Crippen LogP contribution >= 0.6 is 0 Å². The summed E-state index contributed by atoms with van der Waals surface area (Å²) in [6.45, 7) is 2.84. The van der Waals surface area contributed by atoms with Crippen molar-refractivity contribution < 1.29 is 5.11 Å². The minimum Gasteiger partial charge on any atom is -0.389 e. The van der Waals surface area contributed by atoms with Crippen LogP contribution in [0.3, 0.4) is 0 Å². The number of aliphatic hydroxyl groups excluding tert-OH is 1. The normalized spacial score (nSPS) is 16.0. The summed E-state index contributed by atoms with van der Waals surface area (Å²) in [5, 5.41) is 9.96. The van der Waals surface area contributed by atoms with Crippen molar-refractivity contribution in [3.8, 4) is 0 Å². The molecule has 2 nitrogen and oxygen atoms in total. The molecular weight excluding hydrogens is 234 g/mol. The van der Waals surface area contributed by atoms with Gasteiger partial charge in [0.25, 0.3) is 0 Å². The second-order valence-electron chi connectivity index (χ2n) is 5.12. The SMILES string of the molecule is CC(O)c1ccccc1N1CCCc2ccccc21. The van der Waals surface area contributed by atoms with Gasteiger partial charge in [0.2, 0.25) is 0 Å². The molecule has 0 fully saturated rings. The topological polar surface area (TPSA) is 23.5 Å². The molecule has 0 aromatic heterocycles. The Labute approximate surface area is 114 Å². The lowest BCUT2D eigenvalue weighted by molar-refractivity contribution is 0.199. The van der Waals surface area contributed by atoms with E-state index < -0.39 is 6.10 Å². The third-order valence-corrected chi connectivity index (χ3v) is 3.79. The molecule has 0 amide bonds. The summed E-state index contributed by atoms with van der Waals surface area (Å²) in [5.74, 6) is 0. The highest BCUT2D eigenvalue weighted by molar-refractivity contribution is 5.70. The van der Waals surface area contributed by atoms with Gasteiger partial charge in [0.1, 0.15) is 0 Å². The lowest BCUT2D eigenvalue weighted by atomic mass is 9.99. The van der Waals surface area contributed by atoms with E-state index in [-0.39, 0.29) is 0 Å². The van der Waals surface area contributed by atoms with Crippen molar-refractivity contribution in [1.82, 2.24) is 0 Å². The van der Waals surface area contributed by atoms with E-state index in [2.05, 4.69) is 35.2 Å². The number of benzene rings is 2. The molecule has 0 saturated heterocycles. The van der Waals surface area contributed by atoms with Gasteiger partial charge in [-0.15, -0.1) is 0 Å². The number of hydrogen-bond donors (Lipinski definition) is 1. The van der Waals surface area contributed by atoms with Crippen molar-refractivity contribution in [3.63, 3.8) is 0 Å². The number of nitrogens with zero attached hydrogens (tertiary/aromatic N) is 1. The average Bonchev–Trinajstić information content (AvgIpc) is 2.46. The average molecular weight is 253 g/mol. The fraction of sp³-hybridized carbons (Fsp3) is 0.294. The Kier molecular flexibility index (Phi) is 3.26. The zero-order valence-electron chi connectivity index (χ0n) is 11.2. The molecule has 2 aromatic rings. The zero-order chi connectivity index (χ0) is 13.2. The Balaban J connectivity index is 2.09. The summed E-state index contributed by atoms with van der Waals surface area (Å²) >= 11 is 0. The van der Waals surface area contributed by atoms with Crippen LogP contribution in [0.1, 0.15) is 30.6 Å². The van der Waals surface area contributed by atoms with Gasteiger partial charge >= 0.3 is 0 Å². The van der Waals surface area contributed by atoms with Crippen LogP contribution in [-0.2, 0) is 6.42 Å². The van der Waals surface area contributed by atoms with E-state index in [4.69, 9.17) is 0 Å². The molecule has 1 unspecified atom stereocenters. The molecule has 1 heterocycles. The number of rotatable bonds is 2. The molecule has 2 aromatic carbocycles. The van der Waals surface area contributed by atoms with E-state index in [1.54, 1.807) is 0 Å². The molecule has 19 heavy (non-hydrogen) atoms. The van der Waals surface area contributed by atoms with Crippen LogP contribution in [0.4, 0.5) is 11.4 Å². The van der Waals surface area contributed by atoms with Crippen LogP contribution in [0, 0.1) is 0 Å². The third-order valence-electron chi connectivity index (χ3n) is 3.79. The molecule has 2 heteroatoms. The lowest BCUT2D eigenvalue weighted by Gasteiger charge is -2.33. The molecule has 0 bridgehead atoms. The number of anilines is 2. The van der Waals surface area contributed by atoms with Crippen molar-refractivity contribution in [2.45, 2.75) is 25.9 Å². The Bertz CT molecular complexity index is 577. The first-order valence-corrected chi connectivity index (χ1v) is 6.90. The second kappa shape index (κ2) is 5.06. The van der Waals surface area contributed by atoms with Crippen LogP contribution < -0.4 is 4.90 Å². The smallest absolute Gasteiger partial charge is 0.0782 e. The molecule has 1 atom stereocenters. The van der Waals surface area contributed by atoms with Crippen molar-refractivity contribution in [2.75, 3.05) is 11.4 Å². The molecule has 0 radical (unpaired) electrons. The summed E-state index contributed by atoms with van der Waals surface area (Å²) in [4.78, 5) is 2.33. The van der Waals surface area contributed by atoms with E-state index in [9.17, 15) is 5.11 Å². The molecular formula is C17H19NO. The first-order valence-electron chi connectivity index (χ1n) is 6.90. The molecule has 98 valence electrons. The minimum atomic E-state index is -0.440. The number of fused-ring (bicyclic) bond motifs is 1. The van der Waals surface area contributed by atoms with Gasteiger partial charge in [-0.3, -0.25) is 0 Å². The standard InChI is InChI=1S/C17H19NO/c1-13(19)15-9-3-5-11-17(15)18-12-6-8-14-7-2-4-10-16(14)18/h2-5,7,9-11,13,19H,6,8,12H2,1H3. The lowest BCUT2D eigenvalue weighted by Crippen LogP contribution is -2.25. The van der Waals surface area contributed by atoms with Crippen LogP contribution in [-0.4, -0.2) is 11.7 Å². The van der Waals surface area contributed by atoms with Crippen molar-refractivity contribution in [3.05, 3.63) is 59.7 Å². The van der Waals surface area contributed by atoms with E-state index in [1.165, 1.54) is 11.3 Å². The van der Waals surface area contributed by atoms with Gasteiger partial charge in [-0.1, -0.05) is 36.4 Å². The predicted octanol–water partition coefficient (Wildman–Crippen LogP) is 3.82. The second-order valence-corrected chi connectivity index (χ2v) is 5.12. The summed E-state index contributed by atoms with van der Waals surface area (Å²) in [6.07, 6.45) is 1.86. The maximum absolute atomic E-state index is 9.96.